The van der Waals surface area contributed by atoms with Gasteiger partial charge in [0.15, 0.2) is 0 Å². The van der Waals surface area contributed by atoms with Crippen LogP contribution >= 0.6 is 11.6 Å². The molecule has 0 unspecified atom stereocenters. The van der Waals surface area contributed by atoms with Gasteiger partial charge < -0.3 is 9.84 Å². The molecule has 0 aliphatic rings. The predicted octanol–water partition coefficient (Wildman–Crippen LogP) is 8.03. The van der Waals surface area contributed by atoms with Gasteiger partial charge in [-0.1, -0.05) is 61.6 Å². The van der Waals surface area contributed by atoms with Crippen LogP contribution in [-0.4, -0.2) is 34.9 Å². The van der Waals surface area contributed by atoms with Crippen LogP contribution in [0.4, 0.5) is 0 Å². The lowest BCUT2D eigenvalue weighted by molar-refractivity contribution is 0.0810. The van der Waals surface area contributed by atoms with E-state index in [0.717, 1.165) is 44.2 Å². The van der Waals surface area contributed by atoms with Crippen LogP contribution in [0.25, 0.3) is 44.0 Å². The molecule has 41 heavy (non-hydrogen) atoms. The van der Waals surface area contributed by atoms with E-state index in [-0.39, 0.29) is 6.73 Å². The number of aliphatic hydroxyl groups is 1. The number of benzene rings is 4. The Morgan fingerprint density at radius 1 is 0.951 bits per heavy atom. The maximum atomic E-state index is 10.5. The Bertz CT molecular complexity index is 1850. The monoisotopic (exact) mass is 580 g/mol. The first-order chi connectivity index (χ1) is 19.4. The summed E-state index contributed by atoms with van der Waals surface area (Å²) in [5.41, 5.74) is 3.02. The molecule has 0 aliphatic carbocycles. The van der Waals surface area contributed by atoms with Gasteiger partial charge in [-0.2, -0.15) is 10.5 Å². The number of halogens is 1. The van der Waals surface area contributed by atoms with Crippen molar-refractivity contribution in [2.75, 3.05) is 6.61 Å². The zero-order valence-corrected chi connectivity index (χ0v) is 25.8. The van der Waals surface area contributed by atoms with E-state index in [2.05, 4.69) is 37.8 Å². The molecule has 0 saturated heterocycles. The van der Waals surface area contributed by atoms with Crippen molar-refractivity contribution < 1.29 is 9.84 Å². The van der Waals surface area contributed by atoms with Gasteiger partial charge in [0.05, 0.1) is 45.5 Å². The van der Waals surface area contributed by atoms with E-state index in [1.54, 1.807) is 32.0 Å². The molecule has 0 bridgehead atoms. The largest absolute Gasteiger partial charge is 0.390 e. The molecule has 6 nitrogen and oxygen atoms in total. The van der Waals surface area contributed by atoms with Crippen LogP contribution in [0.15, 0.2) is 54.6 Å². The molecule has 1 N–H and O–H groups in total. The zero-order valence-electron chi connectivity index (χ0n) is 24.0. The summed E-state index contributed by atoms with van der Waals surface area (Å²) in [6.07, 6.45) is 0.495. The summed E-state index contributed by atoms with van der Waals surface area (Å²) in [4.78, 5) is 5.14. The van der Waals surface area contributed by atoms with Crippen molar-refractivity contribution in [3.8, 4) is 23.5 Å². The maximum Gasteiger partial charge on any atom is 0.145 e. The molecule has 0 aliphatic heterocycles. The number of fused-ring (bicyclic) bond motifs is 6. The average Bonchev–Trinajstić information content (AvgIpc) is 3.28. The minimum absolute atomic E-state index is 0.223. The second kappa shape index (κ2) is 10.9. The van der Waals surface area contributed by atoms with Crippen LogP contribution in [0.5, 0.6) is 0 Å². The first kappa shape index (κ1) is 28.8. The highest BCUT2D eigenvalue weighted by Gasteiger charge is 2.24. The highest BCUT2D eigenvalue weighted by molar-refractivity contribution is 6.76. The number of hydrogen-bond donors (Lipinski definition) is 1. The van der Waals surface area contributed by atoms with E-state index in [9.17, 15) is 15.6 Å². The summed E-state index contributed by atoms with van der Waals surface area (Å²) in [5, 5.41) is 34.9. The van der Waals surface area contributed by atoms with E-state index in [1.807, 2.05) is 34.9 Å². The predicted molar refractivity (Wildman–Crippen MR) is 169 cm³/mol. The van der Waals surface area contributed by atoms with Crippen LogP contribution < -0.4 is 0 Å². The third-order valence-corrected chi connectivity index (χ3v) is 9.16. The van der Waals surface area contributed by atoms with Gasteiger partial charge in [0.25, 0.3) is 0 Å². The van der Waals surface area contributed by atoms with Gasteiger partial charge in [0.2, 0.25) is 0 Å². The maximum absolute atomic E-state index is 10.5. The lowest BCUT2D eigenvalue weighted by Gasteiger charge is -2.18. The number of aromatic nitrogens is 2. The molecule has 0 spiro atoms. The minimum atomic E-state index is -1.32. The molecule has 0 amide bonds. The summed E-state index contributed by atoms with van der Waals surface area (Å²) in [5.74, 6) is 0.519. The summed E-state index contributed by atoms with van der Waals surface area (Å²) < 4.78 is 8.27. The highest BCUT2D eigenvalue weighted by Crippen LogP contribution is 2.40. The van der Waals surface area contributed by atoms with E-state index in [1.165, 1.54) is 0 Å². The Morgan fingerprint density at radius 3 is 2.24 bits per heavy atom. The number of hydrogen-bond acceptors (Lipinski definition) is 5. The first-order valence-electron chi connectivity index (χ1n) is 13.7. The number of nitriles is 2. The Kier molecular flexibility index (Phi) is 7.67. The van der Waals surface area contributed by atoms with Crippen molar-refractivity contribution in [1.82, 2.24) is 9.55 Å². The Morgan fingerprint density at radius 2 is 1.61 bits per heavy atom. The van der Waals surface area contributed by atoms with Crippen LogP contribution in [0, 0.1) is 22.7 Å². The van der Waals surface area contributed by atoms with Crippen molar-refractivity contribution in [3.63, 3.8) is 0 Å². The molecule has 0 atom stereocenters. The highest BCUT2D eigenvalue weighted by atomic mass is 35.5. The molecule has 5 aromatic rings. The fourth-order valence-electron chi connectivity index (χ4n) is 5.32. The van der Waals surface area contributed by atoms with E-state index in [0.29, 0.717) is 40.6 Å². The van der Waals surface area contributed by atoms with Crippen molar-refractivity contribution in [3.05, 3.63) is 76.3 Å². The summed E-state index contributed by atoms with van der Waals surface area (Å²) in [6, 6.07) is 22.6. The topological polar surface area (TPSA) is 94.9 Å². The summed E-state index contributed by atoms with van der Waals surface area (Å²) in [7, 11) is -1.32. The third kappa shape index (κ3) is 5.86. The van der Waals surface area contributed by atoms with Crippen molar-refractivity contribution in [2.24, 2.45) is 0 Å². The number of ether oxygens (including phenoxy) is 1. The molecular weight excluding hydrogens is 548 g/mol. The van der Waals surface area contributed by atoms with Crippen LogP contribution in [0.2, 0.25) is 30.7 Å². The molecule has 0 saturated carbocycles. The fraction of sp³-hybridized carbons (Fsp3) is 0.303. The van der Waals surface area contributed by atoms with Gasteiger partial charge in [-0.05, 0) is 60.5 Å². The number of imidazole rings is 1. The third-order valence-electron chi connectivity index (χ3n) is 7.22. The lowest BCUT2D eigenvalue weighted by atomic mass is 9.93. The van der Waals surface area contributed by atoms with Gasteiger partial charge in [0.1, 0.15) is 12.6 Å². The Labute approximate surface area is 246 Å². The standard InChI is InChI=1S/C33H33ClN4O2Si/c1-33(2,39)17-21-9-11-25-27(15-21)28-16-24(34)10-12-26(28)31-30(25)37-32(38(31)20-40-13-14-41(3,4)5)29-22(18-35)7-6-8-23(29)19-36/h6-12,15-16,39H,13-14,17,20H2,1-5H3. The van der Waals surface area contributed by atoms with Gasteiger partial charge in [-0.25, -0.2) is 4.98 Å². The molecular formula is C33H33ClN4O2Si. The average molecular weight is 581 g/mol. The second-order valence-corrected chi connectivity index (χ2v) is 18.5. The van der Waals surface area contributed by atoms with Crippen LogP contribution in [-0.2, 0) is 17.9 Å². The molecule has 1 heterocycles. The molecule has 5 rings (SSSR count). The van der Waals surface area contributed by atoms with Crippen molar-refractivity contribution >= 4 is 52.3 Å². The van der Waals surface area contributed by atoms with E-state index >= 15 is 0 Å². The molecule has 1 aromatic heterocycles. The number of rotatable bonds is 8. The fourth-order valence-corrected chi connectivity index (χ4v) is 6.25. The zero-order chi connectivity index (χ0) is 29.5. The Hall–Kier alpha value is -3.72. The van der Waals surface area contributed by atoms with Gasteiger partial charge >= 0.3 is 0 Å². The smallest absolute Gasteiger partial charge is 0.145 e. The molecule has 208 valence electrons. The van der Waals surface area contributed by atoms with E-state index < -0.39 is 13.7 Å². The van der Waals surface area contributed by atoms with Crippen LogP contribution in [0.1, 0.15) is 30.5 Å². The van der Waals surface area contributed by atoms with Gasteiger partial charge in [0, 0.05) is 36.9 Å². The quantitative estimate of drug-likeness (QED) is 0.114. The Balaban J connectivity index is 1.86. The van der Waals surface area contributed by atoms with Gasteiger partial charge in [-0.3, -0.25) is 4.57 Å². The van der Waals surface area contributed by atoms with Crippen molar-refractivity contribution in [2.45, 2.75) is 58.3 Å². The molecule has 4 aromatic carbocycles. The van der Waals surface area contributed by atoms with Gasteiger partial charge in [-0.15, -0.1) is 0 Å². The first-order valence-corrected chi connectivity index (χ1v) is 17.8. The molecule has 0 radical (unpaired) electrons. The van der Waals surface area contributed by atoms with Crippen LogP contribution in [0.3, 0.4) is 0 Å². The summed E-state index contributed by atoms with van der Waals surface area (Å²) in [6.45, 7) is 11.4. The minimum Gasteiger partial charge on any atom is -0.390 e. The second-order valence-electron chi connectivity index (χ2n) is 12.4. The number of nitrogens with zero attached hydrogens (tertiary/aromatic N) is 4. The van der Waals surface area contributed by atoms with E-state index in [4.69, 9.17) is 21.3 Å². The van der Waals surface area contributed by atoms with Crippen molar-refractivity contribution in [1.29, 1.82) is 10.5 Å². The normalized spacial score (nSPS) is 12.2. The SMILES string of the molecule is CC(C)(O)Cc1ccc2c(c1)c1cc(Cl)ccc1c1c2nc(-c2c(C#N)cccc2C#N)n1COCC[Si](C)(C)C. The molecule has 0 fully saturated rings. The summed E-state index contributed by atoms with van der Waals surface area (Å²) >= 11 is 6.53. The lowest BCUT2D eigenvalue weighted by Crippen LogP contribution is -2.22. The molecule has 8 heteroatoms.